The van der Waals surface area contributed by atoms with Gasteiger partial charge in [-0.25, -0.2) is 0 Å². The lowest BCUT2D eigenvalue weighted by Gasteiger charge is -2.09. The fourth-order valence-corrected chi connectivity index (χ4v) is 2.87. The van der Waals surface area contributed by atoms with E-state index in [2.05, 4.69) is 0 Å². The van der Waals surface area contributed by atoms with Crippen molar-refractivity contribution in [2.45, 2.75) is 6.92 Å². The van der Waals surface area contributed by atoms with Crippen LogP contribution in [0.5, 0.6) is 5.75 Å². The van der Waals surface area contributed by atoms with E-state index in [1.807, 2.05) is 24.4 Å². The van der Waals surface area contributed by atoms with Crippen LogP contribution in [0.1, 0.15) is 6.92 Å². The molecule has 0 aliphatic rings. The van der Waals surface area contributed by atoms with Crippen LogP contribution in [0.2, 0.25) is 5.02 Å². The van der Waals surface area contributed by atoms with E-state index in [1.54, 1.807) is 18.2 Å². The van der Waals surface area contributed by atoms with Gasteiger partial charge in [0, 0.05) is 5.02 Å². The zero-order valence-corrected chi connectivity index (χ0v) is 12.3. The lowest BCUT2D eigenvalue weighted by molar-refractivity contribution is 0.330. The van der Waals surface area contributed by atoms with Crippen LogP contribution in [0.4, 0.5) is 0 Å². The van der Waals surface area contributed by atoms with Gasteiger partial charge in [-0.1, -0.05) is 17.7 Å². The number of benzene rings is 1. The topological polar surface area (TPSA) is 39.4 Å². The second kappa shape index (κ2) is 5.31. The van der Waals surface area contributed by atoms with Crippen LogP contribution in [0, 0.1) is 0 Å². The SMILES string of the molecule is CCOc1c(-c2cccs2)oc2ccc(Cl)cc2c1=O. The number of fused-ring (bicyclic) bond motifs is 1. The first-order chi connectivity index (χ1) is 9.70. The monoisotopic (exact) mass is 306 g/mol. The molecule has 102 valence electrons. The van der Waals surface area contributed by atoms with Crippen LogP contribution >= 0.6 is 22.9 Å². The summed E-state index contributed by atoms with van der Waals surface area (Å²) in [5, 5.41) is 2.86. The largest absolute Gasteiger partial charge is 0.487 e. The smallest absolute Gasteiger partial charge is 0.235 e. The molecule has 0 N–H and O–H groups in total. The van der Waals surface area contributed by atoms with Gasteiger partial charge >= 0.3 is 0 Å². The van der Waals surface area contributed by atoms with Gasteiger partial charge in [-0.15, -0.1) is 11.3 Å². The van der Waals surface area contributed by atoms with Gasteiger partial charge in [-0.2, -0.15) is 0 Å². The summed E-state index contributed by atoms with van der Waals surface area (Å²) in [7, 11) is 0. The Bertz CT molecular complexity index is 806. The molecular weight excluding hydrogens is 296 g/mol. The molecule has 0 spiro atoms. The minimum absolute atomic E-state index is 0.195. The molecule has 0 atom stereocenters. The molecule has 3 rings (SSSR count). The van der Waals surface area contributed by atoms with Gasteiger partial charge in [0.15, 0.2) is 5.76 Å². The lowest BCUT2D eigenvalue weighted by Crippen LogP contribution is -2.09. The first-order valence-electron chi connectivity index (χ1n) is 6.13. The summed E-state index contributed by atoms with van der Waals surface area (Å²) in [6, 6.07) is 8.80. The number of ether oxygens (including phenoxy) is 1. The number of halogens is 1. The maximum Gasteiger partial charge on any atom is 0.235 e. The van der Waals surface area contributed by atoms with Crippen molar-refractivity contribution in [1.82, 2.24) is 0 Å². The second-order valence-electron chi connectivity index (χ2n) is 4.14. The van der Waals surface area contributed by atoms with Crippen molar-refractivity contribution in [2.75, 3.05) is 6.61 Å². The zero-order valence-electron chi connectivity index (χ0n) is 10.7. The first kappa shape index (κ1) is 13.2. The fraction of sp³-hybridized carbons (Fsp3) is 0.133. The van der Waals surface area contributed by atoms with Gasteiger partial charge in [-0.05, 0) is 36.6 Å². The van der Waals surface area contributed by atoms with Crippen molar-refractivity contribution in [3.63, 3.8) is 0 Å². The summed E-state index contributed by atoms with van der Waals surface area (Å²) < 4.78 is 11.3. The van der Waals surface area contributed by atoms with Crippen molar-refractivity contribution < 1.29 is 9.15 Å². The third-order valence-corrected chi connectivity index (χ3v) is 3.95. The van der Waals surface area contributed by atoms with E-state index in [0.717, 1.165) is 4.88 Å². The zero-order chi connectivity index (χ0) is 14.1. The van der Waals surface area contributed by atoms with Crippen LogP contribution in [0.15, 0.2) is 44.9 Å². The van der Waals surface area contributed by atoms with E-state index >= 15 is 0 Å². The number of hydrogen-bond acceptors (Lipinski definition) is 4. The summed E-state index contributed by atoms with van der Waals surface area (Å²) >= 11 is 7.44. The molecule has 0 aliphatic heterocycles. The lowest BCUT2D eigenvalue weighted by atomic mass is 10.2. The highest BCUT2D eigenvalue weighted by molar-refractivity contribution is 7.13. The fourth-order valence-electron chi connectivity index (χ4n) is 2.00. The normalized spacial score (nSPS) is 10.9. The highest BCUT2D eigenvalue weighted by atomic mass is 35.5. The highest BCUT2D eigenvalue weighted by Crippen LogP contribution is 2.34. The molecule has 0 fully saturated rings. The predicted molar refractivity (Wildman–Crippen MR) is 82.0 cm³/mol. The molecule has 0 radical (unpaired) electrons. The van der Waals surface area contributed by atoms with Crippen LogP contribution in [0.25, 0.3) is 21.6 Å². The summed E-state index contributed by atoms with van der Waals surface area (Å²) in [6.45, 7) is 2.23. The minimum atomic E-state index is -0.195. The Morgan fingerprint density at radius 2 is 2.20 bits per heavy atom. The standard InChI is InChI=1S/C15H11ClO3S/c1-2-18-15-13(17)10-8-9(16)5-6-11(10)19-14(15)12-4-3-7-20-12/h3-8H,2H2,1H3. The van der Waals surface area contributed by atoms with Gasteiger partial charge < -0.3 is 9.15 Å². The summed E-state index contributed by atoms with van der Waals surface area (Å²) in [5.74, 6) is 0.714. The molecular formula is C15H11ClO3S. The molecule has 0 saturated carbocycles. The molecule has 5 heteroatoms. The van der Waals surface area contributed by atoms with Gasteiger partial charge in [0.1, 0.15) is 5.58 Å². The summed E-state index contributed by atoms with van der Waals surface area (Å²) in [4.78, 5) is 13.4. The van der Waals surface area contributed by atoms with Gasteiger partial charge in [0.25, 0.3) is 0 Å². The van der Waals surface area contributed by atoms with Crippen LogP contribution in [-0.4, -0.2) is 6.61 Å². The van der Waals surface area contributed by atoms with E-state index in [1.165, 1.54) is 11.3 Å². The molecule has 0 amide bonds. The van der Waals surface area contributed by atoms with E-state index in [4.69, 9.17) is 20.8 Å². The van der Waals surface area contributed by atoms with Crippen molar-refractivity contribution in [3.05, 3.63) is 51.0 Å². The van der Waals surface area contributed by atoms with Crippen LogP contribution < -0.4 is 10.2 Å². The van der Waals surface area contributed by atoms with E-state index < -0.39 is 0 Å². The molecule has 0 bridgehead atoms. The third-order valence-electron chi connectivity index (χ3n) is 2.84. The molecule has 20 heavy (non-hydrogen) atoms. The van der Waals surface area contributed by atoms with Crippen LogP contribution in [-0.2, 0) is 0 Å². The number of rotatable bonds is 3. The van der Waals surface area contributed by atoms with Crippen molar-refractivity contribution in [3.8, 4) is 16.4 Å². The quantitative estimate of drug-likeness (QED) is 0.711. The van der Waals surface area contributed by atoms with Crippen LogP contribution in [0.3, 0.4) is 0 Å². The van der Waals surface area contributed by atoms with Crippen molar-refractivity contribution >= 4 is 33.9 Å². The maximum atomic E-state index is 12.5. The Morgan fingerprint density at radius 1 is 1.35 bits per heavy atom. The second-order valence-corrected chi connectivity index (χ2v) is 5.52. The third kappa shape index (κ3) is 2.21. The molecule has 0 saturated heterocycles. The van der Waals surface area contributed by atoms with Gasteiger partial charge in [0.05, 0.1) is 16.9 Å². The number of thiophene rings is 1. The Balaban J connectivity index is 2.36. The molecule has 3 aromatic rings. The molecule has 2 heterocycles. The molecule has 3 nitrogen and oxygen atoms in total. The maximum absolute atomic E-state index is 12.5. The van der Waals surface area contributed by atoms with Gasteiger partial charge in [0.2, 0.25) is 11.2 Å². The first-order valence-corrected chi connectivity index (χ1v) is 7.39. The molecule has 0 aliphatic carbocycles. The number of hydrogen-bond donors (Lipinski definition) is 0. The Kier molecular flexibility index (Phi) is 3.51. The van der Waals surface area contributed by atoms with E-state index in [9.17, 15) is 4.79 Å². The average molecular weight is 307 g/mol. The summed E-state index contributed by atoms with van der Waals surface area (Å²) in [6.07, 6.45) is 0. The molecule has 1 aromatic carbocycles. The Morgan fingerprint density at radius 3 is 2.90 bits per heavy atom. The van der Waals surface area contributed by atoms with Crippen molar-refractivity contribution in [2.24, 2.45) is 0 Å². The van der Waals surface area contributed by atoms with E-state index in [-0.39, 0.29) is 11.2 Å². The Labute approximate surface area is 124 Å². The predicted octanol–water partition coefficient (Wildman–Crippen LogP) is 4.57. The molecule has 0 unspecified atom stereocenters. The average Bonchev–Trinajstić information content (AvgIpc) is 2.96. The van der Waals surface area contributed by atoms with Gasteiger partial charge in [-0.3, -0.25) is 4.79 Å². The summed E-state index contributed by atoms with van der Waals surface area (Å²) in [5.41, 5.74) is 0.310. The molecule has 2 aromatic heterocycles. The van der Waals surface area contributed by atoms with Crippen molar-refractivity contribution in [1.29, 1.82) is 0 Å². The Hall–Kier alpha value is -1.78. The van der Waals surface area contributed by atoms with E-state index in [0.29, 0.717) is 28.4 Å². The minimum Gasteiger partial charge on any atom is -0.487 e. The highest BCUT2D eigenvalue weighted by Gasteiger charge is 2.18.